The number of benzene rings is 2. The van der Waals surface area contributed by atoms with Gasteiger partial charge in [-0.2, -0.15) is 0 Å². The highest BCUT2D eigenvalue weighted by Crippen LogP contribution is 2.45. The van der Waals surface area contributed by atoms with Crippen molar-refractivity contribution in [3.8, 4) is 23.0 Å². The quantitative estimate of drug-likeness (QED) is 0.669. The Hall–Kier alpha value is -2.73. The van der Waals surface area contributed by atoms with Gasteiger partial charge < -0.3 is 25.2 Å². The zero-order valence-electron chi connectivity index (χ0n) is 14.6. The third-order valence-corrected chi connectivity index (χ3v) is 4.71. The van der Waals surface area contributed by atoms with Gasteiger partial charge in [-0.1, -0.05) is 26.0 Å². The summed E-state index contributed by atoms with van der Waals surface area (Å²) < 4.78 is 5.81. The maximum Gasteiger partial charge on any atom is 0.174 e. The predicted molar refractivity (Wildman–Crippen MR) is 94.7 cm³/mol. The van der Waals surface area contributed by atoms with E-state index in [0.29, 0.717) is 5.56 Å². The molecule has 0 aromatic heterocycles. The maximum atomic E-state index is 12.6. The number of Topliss-reactive ketones (excluding diaryl/α,β-unsaturated/α-hetero) is 1. The van der Waals surface area contributed by atoms with Crippen molar-refractivity contribution in [2.75, 3.05) is 0 Å². The number of aliphatic hydroxyl groups excluding tert-OH is 1. The normalized spacial score (nSPS) is 17.7. The van der Waals surface area contributed by atoms with E-state index >= 15 is 0 Å². The van der Waals surface area contributed by atoms with Crippen LogP contribution in [0.5, 0.6) is 23.0 Å². The van der Waals surface area contributed by atoms with Crippen LogP contribution in [0.25, 0.3) is 0 Å². The summed E-state index contributed by atoms with van der Waals surface area (Å²) in [5.74, 6) is -0.705. The van der Waals surface area contributed by atoms with Crippen LogP contribution < -0.4 is 4.74 Å². The van der Waals surface area contributed by atoms with E-state index in [0.717, 1.165) is 0 Å². The van der Waals surface area contributed by atoms with Gasteiger partial charge in [0.25, 0.3) is 0 Å². The van der Waals surface area contributed by atoms with Gasteiger partial charge in [-0.3, -0.25) is 4.79 Å². The Kier molecular flexibility index (Phi) is 4.78. The van der Waals surface area contributed by atoms with Gasteiger partial charge in [-0.15, -0.1) is 0 Å². The first kappa shape index (κ1) is 18.1. The first-order valence-corrected chi connectivity index (χ1v) is 8.52. The van der Waals surface area contributed by atoms with E-state index in [4.69, 9.17) is 4.74 Å². The Morgan fingerprint density at radius 3 is 2.42 bits per heavy atom. The molecule has 0 amide bonds. The number of aromatic hydroxyl groups is 3. The van der Waals surface area contributed by atoms with Gasteiger partial charge in [0.15, 0.2) is 5.78 Å². The second-order valence-corrected chi connectivity index (χ2v) is 6.94. The van der Waals surface area contributed by atoms with E-state index in [2.05, 4.69) is 0 Å². The van der Waals surface area contributed by atoms with E-state index in [1.165, 1.54) is 18.2 Å². The lowest BCUT2D eigenvalue weighted by atomic mass is 9.91. The minimum atomic E-state index is -0.755. The molecule has 26 heavy (non-hydrogen) atoms. The number of rotatable bonds is 4. The molecule has 2 aromatic carbocycles. The lowest BCUT2D eigenvalue weighted by molar-refractivity contribution is 0.0842. The molecule has 0 spiro atoms. The molecule has 0 bridgehead atoms. The number of ketones is 1. The smallest absolute Gasteiger partial charge is 0.174 e. The first-order chi connectivity index (χ1) is 12.3. The Bertz CT molecular complexity index is 825. The van der Waals surface area contributed by atoms with Gasteiger partial charge in [-0.05, 0) is 23.6 Å². The fourth-order valence-corrected chi connectivity index (χ4v) is 3.02. The molecule has 0 fully saturated rings. The molecule has 0 saturated carbocycles. The molecule has 0 radical (unpaired) electrons. The molecule has 0 saturated heterocycles. The Morgan fingerprint density at radius 2 is 1.81 bits per heavy atom. The highest BCUT2D eigenvalue weighted by molar-refractivity contribution is 6.03. The summed E-state index contributed by atoms with van der Waals surface area (Å²) in [5, 5.41) is 40.2. The van der Waals surface area contributed by atoms with Crippen LogP contribution in [0.4, 0.5) is 0 Å². The van der Waals surface area contributed by atoms with Crippen molar-refractivity contribution >= 4 is 5.78 Å². The van der Waals surface area contributed by atoms with Crippen molar-refractivity contribution in [3.05, 3.63) is 47.0 Å². The number of hydrogen-bond acceptors (Lipinski definition) is 6. The van der Waals surface area contributed by atoms with Crippen LogP contribution >= 0.6 is 0 Å². The number of aliphatic hydroxyl groups is 1. The predicted octanol–water partition coefficient (Wildman–Crippen LogP) is 3.07. The van der Waals surface area contributed by atoms with Crippen LogP contribution in [0.15, 0.2) is 30.3 Å². The van der Waals surface area contributed by atoms with Gasteiger partial charge in [-0.25, -0.2) is 0 Å². The number of carbonyl (C=O) groups is 1. The number of hydrogen-bond donors (Lipinski definition) is 4. The molecule has 6 heteroatoms. The number of phenols is 3. The molecule has 1 aliphatic rings. The highest BCUT2D eigenvalue weighted by atomic mass is 16.5. The summed E-state index contributed by atoms with van der Waals surface area (Å²) in [7, 11) is 0. The summed E-state index contributed by atoms with van der Waals surface area (Å²) in [4.78, 5) is 12.6. The molecule has 6 nitrogen and oxygen atoms in total. The highest BCUT2D eigenvalue weighted by Gasteiger charge is 2.33. The fourth-order valence-electron chi connectivity index (χ4n) is 3.02. The van der Waals surface area contributed by atoms with Crippen molar-refractivity contribution in [1.82, 2.24) is 0 Å². The third kappa shape index (κ3) is 3.32. The molecular formula is C20H22O6. The summed E-state index contributed by atoms with van der Waals surface area (Å²) in [6, 6.07) is 7.63. The second kappa shape index (κ2) is 6.88. The third-order valence-electron chi connectivity index (χ3n) is 4.71. The molecule has 138 valence electrons. The van der Waals surface area contributed by atoms with Gasteiger partial charge >= 0.3 is 0 Å². The molecule has 0 aliphatic carbocycles. The van der Waals surface area contributed by atoms with Crippen molar-refractivity contribution < 1.29 is 30.0 Å². The zero-order chi connectivity index (χ0) is 19.0. The van der Waals surface area contributed by atoms with Crippen molar-refractivity contribution in [2.24, 2.45) is 5.92 Å². The molecule has 3 rings (SSSR count). The second-order valence-electron chi connectivity index (χ2n) is 6.94. The van der Waals surface area contributed by atoms with Crippen LogP contribution in [-0.2, 0) is 6.42 Å². The molecule has 2 aromatic rings. The molecule has 1 aliphatic heterocycles. The van der Waals surface area contributed by atoms with Gasteiger partial charge in [0.1, 0.15) is 34.7 Å². The van der Waals surface area contributed by atoms with Crippen LogP contribution in [0.2, 0.25) is 0 Å². The standard InChI is InChI=1S/C20H22O6/c1-10(2)14(22)7-13-15(23)8-18-19(20(13)25)16(24)9-17(26-18)11-3-5-12(21)6-4-11/h3-6,8,10,14,17,21-23,25H,7,9H2,1-2H3. The monoisotopic (exact) mass is 358 g/mol. The van der Waals surface area contributed by atoms with E-state index in [1.807, 2.05) is 13.8 Å². The Morgan fingerprint density at radius 1 is 1.15 bits per heavy atom. The van der Waals surface area contributed by atoms with E-state index in [-0.39, 0.29) is 58.7 Å². The molecule has 2 atom stereocenters. The average molecular weight is 358 g/mol. The van der Waals surface area contributed by atoms with Gasteiger partial charge in [0.2, 0.25) is 0 Å². The number of carbonyl (C=O) groups excluding carboxylic acids is 1. The van der Waals surface area contributed by atoms with Crippen molar-refractivity contribution in [3.63, 3.8) is 0 Å². The number of phenolic OH excluding ortho intramolecular Hbond substituents is 3. The van der Waals surface area contributed by atoms with Gasteiger partial charge in [0, 0.05) is 18.1 Å². The summed E-state index contributed by atoms with van der Waals surface area (Å²) in [5.41, 5.74) is 0.883. The SMILES string of the molecule is CC(C)C(O)Cc1c(O)cc2c(c1O)C(=O)CC(c1ccc(O)cc1)O2. The molecule has 2 unspecified atom stereocenters. The van der Waals surface area contributed by atoms with Crippen LogP contribution in [-0.4, -0.2) is 32.3 Å². The van der Waals surface area contributed by atoms with Crippen LogP contribution in [0.1, 0.15) is 47.9 Å². The van der Waals surface area contributed by atoms with Crippen LogP contribution in [0, 0.1) is 5.92 Å². The largest absolute Gasteiger partial charge is 0.508 e. The Balaban J connectivity index is 1.96. The van der Waals surface area contributed by atoms with Crippen molar-refractivity contribution in [1.29, 1.82) is 0 Å². The molecular weight excluding hydrogens is 336 g/mol. The Labute approximate surface area is 151 Å². The number of ether oxygens (including phenoxy) is 1. The average Bonchev–Trinajstić information content (AvgIpc) is 2.58. The minimum absolute atomic E-state index is 0.0300. The zero-order valence-corrected chi connectivity index (χ0v) is 14.6. The van der Waals surface area contributed by atoms with Crippen molar-refractivity contribution in [2.45, 2.75) is 38.9 Å². The lowest BCUT2D eigenvalue weighted by Crippen LogP contribution is -2.22. The first-order valence-electron chi connectivity index (χ1n) is 8.52. The maximum absolute atomic E-state index is 12.6. The molecule has 1 heterocycles. The topological polar surface area (TPSA) is 107 Å². The summed E-state index contributed by atoms with van der Waals surface area (Å²) >= 11 is 0. The molecule has 4 N–H and O–H groups in total. The minimum Gasteiger partial charge on any atom is -0.508 e. The number of fused-ring (bicyclic) bond motifs is 1. The fraction of sp³-hybridized carbons (Fsp3) is 0.350. The van der Waals surface area contributed by atoms with E-state index < -0.39 is 12.2 Å². The summed E-state index contributed by atoms with van der Waals surface area (Å²) in [6.07, 6.45) is -1.25. The lowest BCUT2D eigenvalue weighted by Gasteiger charge is -2.27. The summed E-state index contributed by atoms with van der Waals surface area (Å²) in [6.45, 7) is 3.65. The van der Waals surface area contributed by atoms with Crippen LogP contribution in [0.3, 0.4) is 0 Å². The van der Waals surface area contributed by atoms with Gasteiger partial charge in [0.05, 0.1) is 12.5 Å². The van der Waals surface area contributed by atoms with E-state index in [1.54, 1.807) is 12.1 Å². The van der Waals surface area contributed by atoms with E-state index in [9.17, 15) is 25.2 Å².